The fourth-order valence-electron chi connectivity index (χ4n) is 2.17. The number of aliphatic carboxylic acids is 1. The lowest BCUT2D eigenvalue weighted by molar-refractivity contribution is -0.141. The van der Waals surface area contributed by atoms with E-state index in [2.05, 4.69) is 4.72 Å². The van der Waals surface area contributed by atoms with Crippen molar-refractivity contribution in [3.8, 4) is 0 Å². The van der Waals surface area contributed by atoms with Crippen LogP contribution in [0.25, 0.3) is 0 Å². The van der Waals surface area contributed by atoms with Gasteiger partial charge in [0.2, 0.25) is 10.0 Å². The second-order valence-corrected chi connectivity index (χ2v) is 9.42. The van der Waals surface area contributed by atoms with E-state index in [1.807, 2.05) is 6.92 Å². The molecule has 0 saturated carbocycles. The molecular formula is C11H21NO6S2. The van der Waals surface area contributed by atoms with Crippen LogP contribution in [0.3, 0.4) is 0 Å². The van der Waals surface area contributed by atoms with Crippen molar-refractivity contribution in [2.45, 2.75) is 37.9 Å². The summed E-state index contributed by atoms with van der Waals surface area (Å²) in [6, 6.07) is 0. The molecule has 1 heterocycles. The van der Waals surface area contributed by atoms with E-state index in [1.165, 1.54) is 0 Å². The van der Waals surface area contributed by atoms with Gasteiger partial charge in [0.1, 0.15) is 9.84 Å². The maximum absolute atomic E-state index is 12.0. The molecule has 0 amide bonds. The van der Waals surface area contributed by atoms with Crippen LogP contribution in [0.5, 0.6) is 0 Å². The third kappa shape index (κ3) is 5.02. The van der Waals surface area contributed by atoms with E-state index in [1.54, 1.807) is 0 Å². The van der Waals surface area contributed by atoms with Crippen molar-refractivity contribution < 1.29 is 26.7 Å². The fraction of sp³-hybridized carbons (Fsp3) is 0.909. The van der Waals surface area contributed by atoms with Crippen molar-refractivity contribution >= 4 is 25.8 Å². The zero-order valence-electron chi connectivity index (χ0n) is 11.4. The Balaban J connectivity index is 2.60. The summed E-state index contributed by atoms with van der Waals surface area (Å²) >= 11 is 0. The molecule has 1 atom stereocenters. The van der Waals surface area contributed by atoms with Gasteiger partial charge in [0.05, 0.1) is 22.7 Å². The van der Waals surface area contributed by atoms with Gasteiger partial charge in [-0.3, -0.25) is 4.79 Å². The van der Waals surface area contributed by atoms with Crippen molar-refractivity contribution in [3.63, 3.8) is 0 Å². The fourth-order valence-corrected chi connectivity index (χ4v) is 5.49. The molecule has 0 aromatic carbocycles. The molecule has 0 aliphatic carbocycles. The van der Waals surface area contributed by atoms with E-state index in [0.717, 1.165) is 0 Å². The predicted molar refractivity (Wildman–Crippen MR) is 74.6 cm³/mol. The van der Waals surface area contributed by atoms with Crippen molar-refractivity contribution in [1.82, 2.24) is 4.72 Å². The Labute approximate surface area is 119 Å². The average molecular weight is 327 g/mol. The molecule has 0 bridgehead atoms. The maximum atomic E-state index is 12.0. The summed E-state index contributed by atoms with van der Waals surface area (Å²) in [4.78, 5) is 11.0. The summed E-state index contributed by atoms with van der Waals surface area (Å²) in [5.41, 5.74) is 0. The summed E-state index contributed by atoms with van der Waals surface area (Å²) in [5.74, 6) is -2.03. The summed E-state index contributed by atoms with van der Waals surface area (Å²) < 4.78 is 48.9. The molecule has 1 aliphatic heterocycles. The number of sulfone groups is 1. The lowest BCUT2D eigenvalue weighted by Gasteiger charge is -2.23. The topological polar surface area (TPSA) is 118 Å². The first-order chi connectivity index (χ1) is 9.18. The Morgan fingerprint density at radius 1 is 1.35 bits per heavy atom. The third-order valence-corrected chi connectivity index (χ3v) is 7.09. The highest BCUT2D eigenvalue weighted by molar-refractivity contribution is 7.92. The molecule has 7 nitrogen and oxygen atoms in total. The van der Waals surface area contributed by atoms with Gasteiger partial charge in [-0.2, -0.15) is 0 Å². The van der Waals surface area contributed by atoms with E-state index in [4.69, 9.17) is 5.11 Å². The van der Waals surface area contributed by atoms with Gasteiger partial charge < -0.3 is 5.11 Å². The van der Waals surface area contributed by atoms with Crippen molar-refractivity contribution in [1.29, 1.82) is 0 Å². The summed E-state index contributed by atoms with van der Waals surface area (Å²) in [5, 5.41) is 8.22. The Morgan fingerprint density at radius 3 is 2.35 bits per heavy atom. The molecule has 1 aliphatic rings. The molecule has 0 spiro atoms. The highest BCUT2D eigenvalue weighted by atomic mass is 32.2. The van der Waals surface area contributed by atoms with Crippen LogP contribution >= 0.6 is 0 Å². The number of carbonyl (C=O) groups is 1. The van der Waals surface area contributed by atoms with Crippen molar-refractivity contribution in [2.75, 3.05) is 18.1 Å². The van der Waals surface area contributed by atoms with Gasteiger partial charge in [0.15, 0.2) is 0 Å². The number of nitrogens with one attached hydrogen (secondary N) is 1. The molecule has 1 rings (SSSR count). The Morgan fingerprint density at radius 2 is 1.90 bits per heavy atom. The zero-order chi connectivity index (χ0) is 15.4. The second kappa shape index (κ2) is 6.86. The molecule has 118 valence electrons. The normalized spacial score (nSPS) is 21.4. The molecule has 2 N–H and O–H groups in total. The lowest BCUT2D eigenvalue weighted by Crippen LogP contribution is -2.42. The van der Waals surface area contributed by atoms with Gasteiger partial charge in [-0.15, -0.1) is 0 Å². The molecule has 0 radical (unpaired) electrons. The van der Waals surface area contributed by atoms with Crippen molar-refractivity contribution in [3.05, 3.63) is 0 Å². The lowest BCUT2D eigenvalue weighted by atomic mass is 10.1. The minimum absolute atomic E-state index is 0.0726. The SMILES string of the molecule is CCCC(CNS(=O)(=O)C1CCS(=O)(=O)CC1)C(=O)O. The molecule has 0 aromatic heterocycles. The number of rotatable bonds is 7. The highest BCUT2D eigenvalue weighted by Gasteiger charge is 2.33. The minimum atomic E-state index is -3.66. The van der Waals surface area contributed by atoms with Crippen LogP contribution in [0.15, 0.2) is 0 Å². The molecule has 1 unspecified atom stereocenters. The van der Waals surface area contributed by atoms with E-state index in [9.17, 15) is 21.6 Å². The monoisotopic (exact) mass is 327 g/mol. The van der Waals surface area contributed by atoms with E-state index in [-0.39, 0.29) is 30.9 Å². The van der Waals surface area contributed by atoms with Crippen molar-refractivity contribution in [2.24, 2.45) is 5.92 Å². The Bertz CT molecular complexity index is 525. The van der Waals surface area contributed by atoms with Gasteiger partial charge in [-0.25, -0.2) is 21.6 Å². The van der Waals surface area contributed by atoms with Crippen LogP contribution in [0.4, 0.5) is 0 Å². The quantitative estimate of drug-likeness (QED) is 0.679. The Hall–Kier alpha value is -0.670. The van der Waals surface area contributed by atoms with Crippen LogP contribution in [0, 0.1) is 5.92 Å². The van der Waals surface area contributed by atoms with E-state index >= 15 is 0 Å². The van der Waals surface area contributed by atoms with Gasteiger partial charge in [0.25, 0.3) is 0 Å². The van der Waals surface area contributed by atoms with Crippen LogP contribution in [-0.2, 0) is 24.7 Å². The molecule has 9 heteroatoms. The van der Waals surface area contributed by atoms with E-state index in [0.29, 0.717) is 12.8 Å². The molecular weight excluding hydrogens is 306 g/mol. The standard InChI is InChI=1S/C11H21NO6S2/c1-2-3-9(11(13)14)8-12-20(17,18)10-4-6-19(15,16)7-5-10/h9-10,12H,2-8H2,1H3,(H,13,14). The van der Waals surface area contributed by atoms with Gasteiger partial charge in [-0.05, 0) is 19.3 Å². The van der Waals surface area contributed by atoms with Crippen LogP contribution in [-0.4, -0.2) is 51.2 Å². The molecule has 1 saturated heterocycles. The molecule has 1 fully saturated rings. The molecule has 20 heavy (non-hydrogen) atoms. The maximum Gasteiger partial charge on any atom is 0.307 e. The third-order valence-electron chi connectivity index (χ3n) is 3.46. The smallest absolute Gasteiger partial charge is 0.307 e. The van der Waals surface area contributed by atoms with Crippen LogP contribution < -0.4 is 4.72 Å². The first kappa shape index (κ1) is 17.4. The largest absolute Gasteiger partial charge is 0.481 e. The number of sulfonamides is 1. The average Bonchev–Trinajstić information content (AvgIpc) is 2.33. The first-order valence-corrected chi connectivity index (χ1v) is 9.96. The van der Waals surface area contributed by atoms with Gasteiger partial charge in [0, 0.05) is 6.54 Å². The highest BCUT2D eigenvalue weighted by Crippen LogP contribution is 2.19. The van der Waals surface area contributed by atoms with E-state index < -0.39 is 37.0 Å². The van der Waals surface area contributed by atoms with Crippen LogP contribution in [0.2, 0.25) is 0 Å². The summed E-state index contributed by atoms with van der Waals surface area (Å²) in [6.45, 7) is 1.69. The molecule has 0 aromatic rings. The van der Waals surface area contributed by atoms with Gasteiger partial charge >= 0.3 is 5.97 Å². The summed E-state index contributed by atoms with van der Waals surface area (Å²) in [6.07, 6.45) is 1.20. The second-order valence-electron chi connectivity index (χ2n) is 5.07. The summed E-state index contributed by atoms with van der Waals surface area (Å²) in [7, 11) is -6.77. The number of carboxylic acids is 1. The first-order valence-electron chi connectivity index (χ1n) is 6.59. The number of carboxylic acid groups (broad SMARTS) is 1. The Kier molecular flexibility index (Phi) is 5.96. The zero-order valence-corrected chi connectivity index (χ0v) is 13.0. The predicted octanol–water partition coefficient (Wildman–Crippen LogP) is -0.0161. The van der Waals surface area contributed by atoms with Crippen LogP contribution in [0.1, 0.15) is 32.6 Å². The minimum Gasteiger partial charge on any atom is -0.481 e. The van der Waals surface area contributed by atoms with Gasteiger partial charge in [-0.1, -0.05) is 13.3 Å². The number of hydrogen-bond donors (Lipinski definition) is 2. The number of hydrogen-bond acceptors (Lipinski definition) is 5.